The normalized spacial score (nSPS) is 17.4. The predicted octanol–water partition coefficient (Wildman–Crippen LogP) is 1.43. The van der Waals surface area contributed by atoms with Crippen LogP contribution in [0, 0.1) is 6.92 Å². The summed E-state index contributed by atoms with van der Waals surface area (Å²) in [7, 11) is 0. The Hall–Kier alpha value is -2.83. The molecule has 7 heteroatoms. The summed E-state index contributed by atoms with van der Waals surface area (Å²) in [5.74, 6) is -1.35. The number of amides is 1. The lowest BCUT2D eigenvalue weighted by atomic mass is 10.0. The lowest BCUT2D eigenvalue weighted by molar-refractivity contribution is -0.147. The third kappa shape index (κ3) is 2.73. The van der Waals surface area contributed by atoms with Gasteiger partial charge in [-0.15, -0.1) is 0 Å². The molecule has 1 fully saturated rings. The molecule has 1 amide bonds. The molecule has 2 heterocycles. The van der Waals surface area contributed by atoms with Crippen LogP contribution in [-0.4, -0.2) is 39.6 Å². The summed E-state index contributed by atoms with van der Waals surface area (Å²) in [5, 5.41) is 19.5. The van der Waals surface area contributed by atoms with Gasteiger partial charge in [0.25, 0.3) is 0 Å². The van der Waals surface area contributed by atoms with E-state index in [0.29, 0.717) is 35.9 Å². The SMILES string of the molecule is Cc1c(O)ccc2c(CC(=O)N3CCCC3C(=O)O)cc(=O)oc12. The zero-order valence-corrected chi connectivity index (χ0v) is 13.1. The van der Waals surface area contributed by atoms with Crippen LogP contribution in [0.5, 0.6) is 5.75 Å². The maximum atomic E-state index is 12.5. The number of carbonyl (C=O) groups is 2. The molecule has 3 rings (SSSR count). The van der Waals surface area contributed by atoms with Crippen LogP contribution < -0.4 is 5.63 Å². The van der Waals surface area contributed by atoms with Crippen LogP contribution in [-0.2, 0) is 16.0 Å². The summed E-state index contributed by atoms with van der Waals surface area (Å²) in [6, 6.07) is 3.49. The van der Waals surface area contributed by atoms with E-state index in [-0.39, 0.29) is 23.7 Å². The molecule has 0 aliphatic carbocycles. The smallest absolute Gasteiger partial charge is 0.336 e. The van der Waals surface area contributed by atoms with E-state index in [0.717, 1.165) is 0 Å². The number of carboxylic acids is 1. The molecule has 126 valence electrons. The van der Waals surface area contributed by atoms with E-state index < -0.39 is 17.6 Å². The van der Waals surface area contributed by atoms with Crippen molar-refractivity contribution in [2.45, 2.75) is 32.2 Å². The number of aryl methyl sites for hydroxylation is 1. The summed E-state index contributed by atoms with van der Waals surface area (Å²) in [6.07, 6.45) is 0.995. The number of aliphatic carboxylic acids is 1. The number of phenolic OH excluding ortho intramolecular Hbond substituents is 1. The first-order chi connectivity index (χ1) is 11.4. The van der Waals surface area contributed by atoms with Crippen LogP contribution in [0.1, 0.15) is 24.0 Å². The van der Waals surface area contributed by atoms with Crippen molar-refractivity contribution in [1.29, 1.82) is 0 Å². The van der Waals surface area contributed by atoms with Crippen molar-refractivity contribution in [2.24, 2.45) is 0 Å². The topological polar surface area (TPSA) is 108 Å². The molecule has 0 radical (unpaired) electrons. The van der Waals surface area contributed by atoms with Gasteiger partial charge in [0.2, 0.25) is 5.91 Å². The van der Waals surface area contributed by atoms with E-state index in [1.54, 1.807) is 13.0 Å². The van der Waals surface area contributed by atoms with Crippen LogP contribution in [0.4, 0.5) is 0 Å². The molecule has 1 aromatic carbocycles. The van der Waals surface area contributed by atoms with E-state index in [4.69, 9.17) is 4.42 Å². The monoisotopic (exact) mass is 331 g/mol. The number of fused-ring (bicyclic) bond motifs is 1. The Morgan fingerprint density at radius 3 is 2.83 bits per heavy atom. The largest absolute Gasteiger partial charge is 0.508 e. The van der Waals surface area contributed by atoms with Gasteiger partial charge in [-0.25, -0.2) is 9.59 Å². The van der Waals surface area contributed by atoms with Crippen molar-refractivity contribution >= 4 is 22.8 Å². The van der Waals surface area contributed by atoms with E-state index in [1.165, 1.54) is 17.0 Å². The number of rotatable bonds is 3. The number of carbonyl (C=O) groups excluding carboxylic acids is 1. The molecular formula is C17H17NO6. The van der Waals surface area contributed by atoms with Crippen molar-refractivity contribution < 1.29 is 24.2 Å². The van der Waals surface area contributed by atoms with Crippen molar-refractivity contribution in [2.75, 3.05) is 6.54 Å². The number of carboxylic acid groups (broad SMARTS) is 1. The van der Waals surface area contributed by atoms with Crippen LogP contribution in [0.3, 0.4) is 0 Å². The van der Waals surface area contributed by atoms with Crippen LogP contribution in [0.15, 0.2) is 27.4 Å². The Morgan fingerprint density at radius 1 is 1.38 bits per heavy atom. The molecule has 7 nitrogen and oxygen atoms in total. The molecule has 1 aliphatic heterocycles. The third-order valence-electron chi connectivity index (χ3n) is 4.42. The summed E-state index contributed by atoms with van der Waals surface area (Å²) >= 11 is 0. The highest BCUT2D eigenvalue weighted by atomic mass is 16.4. The predicted molar refractivity (Wildman–Crippen MR) is 85.0 cm³/mol. The number of hydrogen-bond acceptors (Lipinski definition) is 5. The van der Waals surface area contributed by atoms with E-state index >= 15 is 0 Å². The maximum absolute atomic E-state index is 12.5. The van der Waals surface area contributed by atoms with E-state index in [2.05, 4.69) is 0 Å². The minimum Gasteiger partial charge on any atom is -0.508 e. The number of nitrogens with zero attached hydrogens (tertiary/aromatic N) is 1. The minimum atomic E-state index is -1.01. The average molecular weight is 331 g/mol. The Morgan fingerprint density at radius 2 is 2.12 bits per heavy atom. The molecule has 1 atom stereocenters. The second kappa shape index (κ2) is 5.99. The van der Waals surface area contributed by atoms with Gasteiger partial charge in [0.1, 0.15) is 17.4 Å². The second-order valence-corrected chi connectivity index (χ2v) is 5.94. The van der Waals surface area contributed by atoms with Gasteiger partial charge in [-0.1, -0.05) is 0 Å². The fourth-order valence-corrected chi connectivity index (χ4v) is 3.15. The first-order valence-electron chi connectivity index (χ1n) is 7.66. The molecule has 1 aromatic heterocycles. The molecule has 1 aliphatic rings. The van der Waals surface area contributed by atoms with E-state index in [1.807, 2.05) is 0 Å². The van der Waals surface area contributed by atoms with Gasteiger partial charge in [0.15, 0.2) is 0 Å². The first kappa shape index (κ1) is 16.0. The fraction of sp³-hybridized carbons (Fsp3) is 0.353. The molecule has 1 saturated heterocycles. The van der Waals surface area contributed by atoms with Crippen LogP contribution in [0.25, 0.3) is 11.0 Å². The molecule has 0 saturated carbocycles. The summed E-state index contributed by atoms with van der Waals surface area (Å²) in [4.78, 5) is 36.9. The number of hydrogen-bond donors (Lipinski definition) is 2. The molecule has 2 N–H and O–H groups in total. The van der Waals surface area contributed by atoms with Crippen molar-refractivity contribution in [1.82, 2.24) is 4.90 Å². The number of benzene rings is 1. The Bertz CT molecular complexity index is 885. The lowest BCUT2D eigenvalue weighted by Crippen LogP contribution is -2.41. The van der Waals surface area contributed by atoms with Gasteiger partial charge in [-0.2, -0.15) is 0 Å². The van der Waals surface area contributed by atoms with Crippen molar-refractivity contribution in [3.8, 4) is 5.75 Å². The lowest BCUT2D eigenvalue weighted by Gasteiger charge is -2.21. The van der Waals surface area contributed by atoms with Gasteiger partial charge in [-0.05, 0) is 37.5 Å². The standard InChI is InChI=1S/C17H17NO6/c1-9-13(19)5-4-11-10(8-15(21)24-16(9)11)7-14(20)18-6-2-3-12(18)17(22)23/h4-5,8,12,19H,2-3,6-7H2,1H3,(H,22,23). The van der Waals surface area contributed by atoms with Gasteiger partial charge in [0.05, 0.1) is 6.42 Å². The van der Waals surface area contributed by atoms with Crippen molar-refractivity contribution in [3.63, 3.8) is 0 Å². The second-order valence-electron chi connectivity index (χ2n) is 5.94. The first-order valence-corrected chi connectivity index (χ1v) is 7.66. The molecule has 1 unspecified atom stereocenters. The Labute approximate surface area is 137 Å². The maximum Gasteiger partial charge on any atom is 0.336 e. The molecule has 2 aromatic rings. The Kier molecular flexibility index (Phi) is 4.01. The number of phenols is 1. The van der Waals surface area contributed by atoms with E-state index in [9.17, 15) is 24.6 Å². The zero-order chi connectivity index (χ0) is 17.4. The van der Waals surface area contributed by atoms with Gasteiger partial charge >= 0.3 is 11.6 Å². The molecule has 0 spiro atoms. The summed E-state index contributed by atoms with van der Waals surface area (Å²) in [5.41, 5.74) is 0.505. The average Bonchev–Trinajstić information content (AvgIpc) is 3.01. The summed E-state index contributed by atoms with van der Waals surface area (Å²) in [6.45, 7) is 2.02. The molecule has 24 heavy (non-hydrogen) atoms. The number of likely N-dealkylation sites (tertiary alicyclic amines) is 1. The van der Waals surface area contributed by atoms with Crippen molar-refractivity contribution in [3.05, 3.63) is 39.7 Å². The van der Waals surface area contributed by atoms with Crippen LogP contribution >= 0.6 is 0 Å². The zero-order valence-electron chi connectivity index (χ0n) is 13.1. The minimum absolute atomic E-state index is 0.000360. The molecule has 0 bridgehead atoms. The van der Waals surface area contributed by atoms with Gasteiger partial charge in [-0.3, -0.25) is 4.79 Å². The van der Waals surface area contributed by atoms with Crippen LogP contribution in [0.2, 0.25) is 0 Å². The molecular weight excluding hydrogens is 314 g/mol. The van der Waals surface area contributed by atoms with Gasteiger partial charge < -0.3 is 19.5 Å². The highest BCUT2D eigenvalue weighted by molar-refractivity contribution is 5.91. The summed E-state index contributed by atoms with van der Waals surface area (Å²) < 4.78 is 5.15. The highest BCUT2D eigenvalue weighted by Gasteiger charge is 2.34. The third-order valence-corrected chi connectivity index (χ3v) is 4.42. The fourth-order valence-electron chi connectivity index (χ4n) is 3.15. The van der Waals surface area contributed by atoms with Gasteiger partial charge in [0, 0.05) is 23.6 Å². The number of aromatic hydroxyl groups is 1. The quantitative estimate of drug-likeness (QED) is 0.824. The highest BCUT2D eigenvalue weighted by Crippen LogP contribution is 2.28. The Balaban J connectivity index is 1.98.